The minimum atomic E-state index is -4.14. The van der Waals surface area contributed by atoms with Crippen LogP contribution in [0, 0.1) is 5.92 Å². The summed E-state index contributed by atoms with van der Waals surface area (Å²) in [5.41, 5.74) is 0.808. The summed E-state index contributed by atoms with van der Waals surface area (Å²) in [5.74, 6) is -1.18. The molecule has 1 aliphatic rings. The molecule has 10 nitrogen and oxygen atoms in total. The average molecular weight is 517 g/mol. The van der Waals surface area contributed by atoms with E-state index in [2.05, 4.69) is 15.6 Å². The Hall–Kier alpha value is -3.31. The van der Waals surface area contributed by atoms with E-state index < -0.39 is 21.8 Å². The number of amides is 3. The van der Waals surface area contributed by atoms with Crippen LogP contribution in [0.3, 0.4) is 0 Å². The molecule has 1 aromatic heterocycles. The van der Waals surface area contributed by atoms with Crippen molar-refractivity contribution in [1.29, 1.82) is 0 Å². The molecule has 1 aromatic carbocycles. The summed E-state index contributed by atoms with van der Waals surface area (Å²) in [6.45, 7) is 1.06. The van der Waals surface area contributed by atoms with Gasteiger partial charge in [-0.1, -0.05) is 31.4 Å². The largest absolute Gasteiger partial charge is 0.383 e. The van der Waals surface area contributed by atoms with Gasteiger partial charge >= 0.3 is 0 Å². The molecule has 1 fully saturated rings. The molecule has 0 saturated heterocycles. The first-order chi connectivity index (χ1) is 17.3. The van der Waals surface area contributed by atoms with Crippen LogP contribution in [0.1, 0.15) is 58.5 Å². The summed E-state index contributed by atoms with van der Waals surface area (Å²) in [6, 6.07) is 8.91. The third kappa shape index (κ3) is 7.85. The van der Waals surface area contributed by atoms with Gasteiger partial charge in [0.1, 0.15) is 5.69 Å². The highest BCUT2D eigenvalue weighted by Crippen LogP contribution is 2.23. The van der Waals surface area contributed by atoms with Gasteiger partial charge < -0.3 is 15.4 Å². The van der Waals surface area contributed by atoms with Crippen molar-refractivity contribution in [1.82, 2.24) is 20.3 Å². The number of aromatic nitrogens is 1. The van der Waals surface area contributed by atoms with Gasteiger partial charge in [-0.05, 0) is 49.1 Å². The first-order valence-electron chi connectivity index (χ1n) is 12.0. The van der Waals surface area contributed by atoms with Crippen molar-refractivity contribution in [3.05, 3.63) is 59.4 Å². The molecule has 194 valence electrons. The molecule has 1 heterocycles. The van der Waals surface area contributed by atoms with Crippen LogP contribution in [-0.4, -0.2) is 57.9 Å². The SMILES string of the molecule is COCCNC(=O)c1ccc(C(=O)NS(=O)(=O)c2cccc(CCNC(=O)C3CCCCC3)c2)cn1. The van der Waals surface area contributed by atoms with E-state index in [9.17, 15) is 22.8 Å². The zero-order chi connectivity index (χ0) is 26.0. The third-order valence-electron chi connectivity index (χ3n) is 5.97. The fourth-order valence-corrected chi connectivity index (χ4v) is 5.01. The minimum Gasteiger partial charge on any atom is -0.383 e. The fourth-order valence-electron chi connectivity index (χ4n) is 3.97. The van der Waals surface area contributed by atoms with Crippen LogP contribution >= 0.6 is 0 Å². The van der Waals surface area contributed by atoms with Gasteiger partial charge in [0, 0.05) is 32.3 Å². The van der Waals surface area contributed by atoms with Crippen LogP contribution in [0.2, 0.25) is 0 Å². The highest BCUT2D eigenvalue weighted by Gasteiger charge is 2.21. The van der Waals surface area contributed by atoms with E-state index in [4.69, 9.17) is 4.74 Å². The van der Waals surface area contributed by atoms with Crippen LogP contribution in [-0.2, 0) is 26.0 Å². The Kier molecular flexibility index (Phi) is 9.95. The molecule has 2 aromatic rings. The van der Waals surface area contributed by atoms with Crippen LogP contribution in [0.5, 0.6) is 0 Å². The van der Waals surface area contributed by atoms with Crippen LogP contribution in [0.15, 0.2) is 47.5 Å². The summed E-state index contributed by atoms with van der Waals surface area (Å²) >= 11 is 0. The lowest BCUT2D eigenvalue weighted by Crippen LogP contribution is -2.33. The number of hydrogen-bond donors (Lipinski definition) is 3. The lowest BCUT2D eigenvalue weighted by atomic mass is 9.88. The number of rotatable bonds is 11. The summed E-state index contributed by atoms with van der Waals surface area (Å²) in [7, 11) is -2.62. The molecular formula is C25H32N4O6S. The molecule has 0 aliphatic heterocycles. The summed E-state index contributed by atoms with van der Waals surface area (Å²) in [6.07, 6.45) is 6.77. The summed E-state index contributed by atoms with van der Waals surface area (Å²) < 4.78 is 32.5. The number of carbonyl (C=O) groups excluding carboxylic acids is 3. The Morgan fingerprint density at radius 1 is 1.00 bits per heavy atom. The van der Waals surface area contributed by atoms with Gasteiger partial charge in [-0.2, -0.15) is 0 Å². The molecule has 3 N–H and O–H groups in total. The monoisotopic (exact) mass is 516 g/mol. The average Bonchev–Trinajstić information content (AvgIpc) is 2.89. The van der Waals surface area contributed by atoms with Gasteiger partial charge in [0.05, 0.1) is 17.1 Å². The van der Waals surface area contributed by atoms with Gasteiger partial charge in [-0.25, -0.2) is 13.1 Å². The second-order valence-corrected chi connectivity index (χ2v) is 10.3. The Morgan fingerprint density at radius 2 is 1.78 bits per heavy atom. The highest BCUT2D eigenvalue weighted by molar-refractivity contribution is 7.90. The summed E-state index contributed by atoms with van der Waals surface area (Å²) in [4.78, 5) is 40.7. The number of nitrogens with one attached hydrogen (secondary N) is 3. The van der Waals surface area contributed by atoms with Crippen LogP contribution in [0.25, 0.3) is 0 Å². The Balaban J connectivity index is 1.55. The molecule has 3 rings (SSSR count). The molecule has 1 saturated carbocycles. The Morgan fingerprint density at radius 3 is 2.47 bits per heavy atom. The molecule has 0 bridgehead atoms. The van der Waals surface area contributed by atoms with Crippen LogP contribution in [0.4, 0.5) is 0 Å². The van der Waals surface area contributed by atoms with E-state index in [0.717, 1.165) is 37.4 Å². The van der Waals surface area contributed by atoms with E-state index in [1.807, 2.05) is 4.72 Å². The zero-order valence-corrected chi connectivity index (χ0v) is 21.1. The minimum absolute atomic E-state index is 0.00593. The van der Waals surface area contributed by atoms with E-state index in [1.54, 1.807) is 12.1 Å². The molecule has 36 heavy (non-hydrogen) atoms. The number of nitrogens with zero attached hydrogens (tertiary/aromatic N) is 1. The van der Waals surface area contributed by atoms with E-state index >= 15 is 0 Å². The van der Waals surface area contributed by atoms with Crippen molar-refractivity contribution in [2.45, 2.75) is 43.4 Å². The first kappa shape index (κ1) is 27.3. The van der Waals surface area contributed by atoms with Gasteiger partial charge in [0.15, 0.2) is 0 Å². The maximum Gasteiger partial charge on any atom is 0.269 e. The molecule has 0 unspecified atom stereocenters. The molecule has 0 radical (unpaired) electrons. The number of benzene rings is 1. The van der Waals surface area contributed by atoms with Crippen molar-refractivity contribution < 1.29 is 27.5 Å². The topological polar surface area (TPSA) is 144 Å². The van der Waals surface area contributed by atoms with Gasteiger partial charge in [-0.3, -0.25) is 19.4 Å². The number of pyridine rings is 1. The van der Waals surface area contributed by atoms with E-state index in [1.165, 1.54) is 37.8 Å². The molecule has 0 spiro atoms. The second-order valence-electron chi connectivity index (χ2n) is 8.64. The molecule has 11 heteroatoms. The number of hydrogen-bond acceptors (Lipinski definition) is 7. The lowest BCUT2D eigenvalue weighted by Gasteiger charge is -2.20. The first-order valence-corrected chi connectivity index (χ1v) is 13.5. The Labute approximate surface area is 211 Å². The predicted octanol–water partition coefficient (Wildman–Crippen LogP) is 1.82. The van der Waals surface area contributed by atoms with Crippen molar-refractivity contribution >= 4 is 27.7 Å². The number of ether oxygens (including phenoxy) is 1. The third-order valence-corrected chi connectivity index (χ3v) is 7.30. The van der Waals surface area contributed by atoms with Crippen molar-refractivity contribution in [3.63, 3.8) is 0 Å². The standard InChI is InChI=1S/C25H32N4O6S/c1-35-15-14-27-25(32)22-11-10-20(17-28-22)24(31)29-36(33,34)21-9-5-6-18(16-21)12-13-26-23(30)19-7-3-2-4-8-19/h5-6,9-11,16-17,19H,2-4,7-8,12-15H2,1H3,(H,26,30)(H,27,32)(H,29,31). The molecule has 0 atom stereocenters. The fraction of sp³-hybridized carbons (Fsp3) is 0.440. The van der Waals surface area contributed by atoms with Gasteiger partial charge in [-0.15, -0.1) is 0 Å². The summed E-state index contributed by atoms with van der Waals surface area (Å²) in [5, 5.41) is 5.54. The second kappa shape index (κ2) is 13.1. The maximum atomic E-state index is 12.8. The molecular weight excluding hydrogens is 484 g/mol. The lowest BCUT2D eigenvalue weighted by molar-refractivity contribution is -0.125. The van der Waals surface area contributed by atoms with Crippen LogP contribution < -0.4 is 15.4 Å². The smallest absolute Gasteiger partial charge is 0.269 e. The highest BCUT2D eigenvalue weighted by atomic mass is 32.2. The molecule has 3 amide bonds. The van der Waals surface area contributed by atoms with Crippen molar-refractivity contribution in [2.75, 3.05) is 26.8 Å². The van der Waals surface area contributed by atoms with Gasteiger partial charge in [0.2, 0.25) is 5.91 Å². The molecule has 1 aliphatic carbocycles. The van der Waals surface area contributed by atoms with Gasteiger partial charge in [0.25, 0.3) is 21.8 Å². The van der Waals surface area contributed by atoms with E-state index in [-0.39, 0.29) is 28.0 Å². The number of methoxy groups -OCH3 is 1. The van der Waals surface area contributed by atoms with Crippen molar-refractivity contribution in [2.24, 2.45) is 5.92 Å². The predicted molar refractivity (Wildman–Crippen MR) is 133 cm³/mol. The normalized spacial score (nSPS) is 14.1. The zero-order valence-electron chi connectivity index (χ0n) is 20.3. The van der Waals surface area contributed by atoms with E-state index in [0.29, 0.717) is 26.1 Å². The maximum absolute atomic E-state index is 12.8. The van der Waals surface area contributed by atoms with Crippen molar-refractivity contribution in [3.8, 4) is 0 Å². The Bertz CT molecular complexity index is 1160. The number of carbonyl (C=O) groups is 3. The number of sulfonamides is 1. The quantitative estimate of drug-likeness (QED) is 0.387.